The number of aliphatic hydroxyl groups is 1. The third-order valence-corrected chi connectivity index (χ3v) is 5.53. The molecule has 0 spiro atoms. The number of alkyl halides is 3. The van der Waals surface area contributed by atoms with Crippen LogP contribution in [0.3, 0.4) is 0 Å². The Kier molecular flexibility index (Phi) is 6.77. The number of aromatic nitrogens is 4. The van der Waals surface area contributed by atoms with Gasteiger partial charge in [0.1, 0.15) is 24.3 Å². The van der Waals surface area contributed by atoms with E-state index in [1.165, 1.54) is 35.6 Å². The summed E-state index contributed by atoms with van der Waals surface area (Å²) in [4.78, 5) is 30.3. The lowest BCUT2D eigenvalue weighted by molar-refractivity contribution is -0.137. The maximum atomic E-state index is 13.1. The number of cyclic esters (lactones) is 1. The van der Waals surface area contributed by atoms with Gasteiger partial charge in [0, 0.05) is 29.2 Å². The molecule has 1 amide bonds. The van der Waals surface area contributed by atoms with Gasteiger partial charge in [-0.15, -0.1) is 0 Å². The number of rotatable bonds is 6. The van der Waals surface area contributed by atoms with Crippen molar-refractivity contribution in [3.8, 4) is 11.1 Å². The molecule has 9 nitrogen and oxygen atoms in total. The highest BCUT2D eigenvalue weighted by Gasteiger charge is 2.38. The second-order valence-corrected chi connectivity index (χ2v) is 8.35. The molecular weight excluding hydrogens is 489 g/mol. The maximum Gasteiger partial charge on any atom is 0.416 e. The van der Waals surface area contributed by atoms with Gasteiger partial charge in [0.05, 0.1) is 17.7 Å². The third kappa shape index (κ3) is 5.43. The number of aliphatic hydroxyl groups excluding tert-OH is 1. The molecule has 1 aliphatic heterocycles. The minimum atomic E-state index is -4.53. The second kappa shape index (κ2) is 9.62. The normalized spacial score (nSPS) is 17.7. The molecule has 3 aromatic rings. The van der Waals surface area contributed by atoms with E-state index in [2.05, 4.69) is 25.3 Å². The number of amides is 1. The quantitative estimate of drug-likeness (QED) is 0.501. The standard InChI is InChI=1S/C22H20ClF3N6O3/c1-11(30-20-27-4-3-18(31-20)32-17(12(2)33)10-35-21(32)34)19-28-8-14(9-29-19)13-5-15(22(24,25)26)7-16(23)6-13/h3-9,11-12,17,33H,10H2,1-2H3,(H,27,30,31)/t11-,12+,17?/m0/s1. The lowest BCUT2D eigenvalue weighted by atomic mass is 10.1. The van der Waals surface area contributed by atoms with Crippen molar-refractivity contribution >= 4 is 29.5 Å². The van der Waals surface area contributed by atoms with Crippen LogP contribution in [0.5, 0.6) is 0 Å². The molecule has 3 heterocycles. The number of benzene rings is 1. The molecule has 4 rings (SSSR count). The van der Waals surface area contributed by atoms with Crippen LogP contribution in [0.1, 0.15) is 31.3 Å². The number of carbonyl (C=O) groups is 1. The number of nitrogens with zero attached hydrogens (tertiary/aromatic N) is 5. The summed E-state index contributed by atoms with van der Waals surface area (Å²) in [6, 6.07) is 3.69. The summed E-state index contributed by atoms with van der Waals surface area (Å²) >= 11 is 5.86. The molecule has 1 aliphatic rings. The predicted octanol–water partition coefficient (Wildman–Crippen LogP) is 4.48. The van der Waals surface area contributed by atoms with Crippen molar-refractivity contribution in [2.75, 3.05) is 16.8 Å². The van der Waals surface area contributed by atoms with Gasteiger partial charge in [0.15, 0.2) is 0 Å². The van der Waals surface area contributed by atoms with Crippen molar-refractivity contribution in [3.63, 3.8) is 0 Å². The van der Waals surface area contributed by atoms with E-state index in [4.69, 9.17) is 16.3 Å². The van der Waals surface area contributed by atoms with E-state index in [0.717, 1.165) is 12.1 Å². The Hall–Kier alpha value is -3.51. The molecule has 2 N–H and O–H groups in total. The molecule has 1 aromatic carbocycles. The summed E-state index contributed by atoms with van der Waals surface area (Å²) in [6.07, 6.45) is -1.74. The van der Waals surface area contributed by atoms with Crippen LogP contribution in [-0.2, 0) is 10.9 Å². The number of hydrogen-bond donors (Lipinski definition) is 2. The number of carbonyl (C=O) groups excluding carboxylic acids is 1. The molecule has 1 unspecified atom stereocenters. The average Bonchev–Trinajstić information content (AvgIpc) is 3.20. The molecule has 1 saturated heterocycles. The zero-order chi connectivity index (χ0) is 25.3. The first-order valence-electron chi connectivity index (χ1n) is 10.5. The summed E-state index contributed by atoms with van der Waals surface area (Å²) in [6.45, 7) is 3.34. The zero-order valence-electron chi connectivity index (χ0n) is 18.5. The van der Waals surface area contributed by atoms with Crippen LogP contribution in [0, 0.1) is 0 Å². The molecule has 2 aromatic heterocycles. The first-order valence-corrected chi connectivity index (χ1v) is 10.8. The third-order valence-electron chi connectivity index (χ3n) is 5.31. The molecule has 1 fully saturated rings. The molecule has 0 saturated carbocycles. The van der Waals surface area contributed by atoms with E-state index in [-0.39, 0.29) is 29.0 Å². The fourth-order valence-corrected chi connectivity index (χ4v) is 3.73. The van der Waals surface area contributed by atoms with E-state index in [1.807, 2.05) is 0 Å². The van der Waals surface area contributed by atoms with E-state index in [0.29, 0.717) is 11.4 Å². The summed E-state index contributed by atoms with van der Waals surface area (Å²) < 4.78 is 44.3. The SMILES string of the molecule is C[C@H](Nc1nccc(N2C(=O)OCC2[C@@H](C)O)n1)c1ncc(-c2cc(Cl)cc(C(F)(F)F)c2)cn1. The number of hydrogen-bond acceptors (Lipinski definition) is 8. The van der Waals surface area contributed by atoms with Gasteiger partial charge in [0.2, 0.25) is 5.95 Å². The van der Waals surface area contributed by atoms with E-state index < -0.39 is 36.0 Å². The highest BCUT2D eigenvalue weighted by Crippen LogP contribution is 2.34. The summed E-state index contributed by atoms with van der Waals surface area (Å²) in [5, 5.41) is 12.9. The molecular formula is C22H20ClF3N6O3. The minimum absolute atomic E-state index is 0.0386. The van der Waals surface area contributed by atoms with Crippen molar-refractivity contribution in [1.29, 1.82) is 0 Å². The van der Waals surface area contributed by atoms with E-state index >= 15 is 0 Å². The van der Waals surface area contributed by atoms with Gasteiger partial charge in [0.25, 0.3) is 0 Å². The summed E-state index contributed by atoms with van der Waals surface area (Å²) in [7, 11) is 0. The highest BCUT2D eigenvalue weighted by molar-refractivity contribution is 6.31. The molecule has 3 atom stereocenters. The fourth-order valence-electron chi connectivity index (χ4n) is 3.50. The van der Waals surface area contributed by atoms with E-state index in [9.17, 15) is 23.1 Å². The monoisotopic (exact) mass is 508 g/mol. The molecule has 13 heteroatoms. The van der Waals surface area contributed by atoms with Gasteiger partial charge in [-0.2, -0.15) is 18.2 Å². The highest BCUT2D eigenvalue weighted by atomic mass is 35.5. The van der Waals surface area contributed by atoms with Gasteiger partial charge in [-0.25, -0.2) is 19.7 Å². The van der Waals surface area contributed by atoms with Crippen molar-refractivity contribution in [3.05, 3.63) is 59.3 Å². The van der Waals surface area contributed by atoms with E-state index in [1.54, 1.807) is 13.8 Å². The number of halogens is 4. The number of ether oxygens (including phenoxy) is 1. The fraction of sp³-hybridized carbons (Fsp3) is 0.318. The summed E-state index contributed by atoms with van der Waals surface area (Å²) in [5.74, 6) is 0.764. The van der Waals surface area contributed by atoms with Crippen LogP contribution >= 0.6 is 11.6 Å². The molecule has 0 aliphatic carbocycles. The molecule has 0 bridgehead atoms. The largest absolute Gasteiger partial charge is 0.447 e. The Labute approximate surface area is 203 Å². The minimum Gasteiger partial charge on any atom is -0.447 e. The van der Waals surface area contributed by atoms with Gasteiger partial charge in [-0.05, 0) is 43.7 Å². The Bertz CT molecular complexity index is 1230. The average molecular weight is 509 g/mol. The smallest absolute Gasteiger partial charge is 0.416 e. The molecule has 35 heavy (non-hydrogen) atoms. The van der Waals surface area contributed by atoms with Crippen LogP contribution < -0.4 is 10.2 Å². The van der Waals surface area contributed by atoms with Crippen LogP contribution in [0.15, 0.2) is 42.9 Å². The topological polar surface area (TPSA) is 113 Å². The van der Waals surface area contributed by atoms with Crippen molar-refractivity contribution in [2.24, 2.45) is 0 Å². The zero-order valence-corrected chi connectivity index (χ0v) is 19.2. The van der Waals surface area contributed by atoms with Crippen LogP contribution in [0.2, 0.25) is 5.02 Å². The lowest BCUT2D eigenvalue weighted by Crippen LogP contribution is -2.41. The molecule has 0 radical (unpaired) electrons. The van der Waals surface area contributed by atoms with Gasteiger partial charge < -0.3 is 15.2 Å². The van der Waals surface area contributed by atoms with Gasteiger partial charge in [-0.1, -0.05) is 11.6 Å². The Morgan fingerprint density at radius 1 is 1.17 bits per heavy atom. The second-order valence-electron chi connectivity index (χ2n) is 7.92. The molecule has 184 valence electrons. The van der Waals surface area contributed by atoms with Gasteiger partial charge in [-0.3, -0.25) is 4.90 Å². The van der Waals surface area contributed by atoms with Crippen molar-refractivity contribution in [1.82, 2.24) is 19.9 Å². The number of nitrogens with one attached hydrogen (secondary N) is 1. The van der Waals surface area contributed by atoms with Crippen LogP contribution in [0.25, 0.3) is 11.1 Å². The summed E-state index contributed by atoms with van der Waals surface area (Å²) in [5.41, 5.74) is -0.266. The van der Waals surface area contributed by atoms with Crippen molar-refractivity contribution in [2.45, 2.75) is 38.2 Å². The van der Waals surface area contributed by atoms with Crippen LogP contribution in [-0.4, -0.2) is 49.9 Å². The Morgan fingerprint density at radius 2 is 1.89 bits per heavy atom. The first-order chi connectivity index (χ1) is 16.5. The predicted molar refractivity (Wildman–Crippen MR) is 121 cm³/mol. The van der Waals surface area contributed by atoms with Crippen molar-refractivity contribution < 1.29 is 27.8 Å². The lowest BCUT2D eigenvalue weighted by Gasteiger charge is -2.23. The Morgan fingerprint density at radius 3 is 2.54 bits per heavy atom. The Balaban J connectivity index is 1.51. The van der Waals surface area contributed by atoms with Crippen LogP contribution in [0.4, 0.5) is 29.7 Å². The maximum absolute atomic E-state index is 13.1. The van der Waals surface area contributed by atoms with Gasteiger partial charge >= 0.3 is 12.3 Å². The first kappa shape index (κ1) is 24.6. The number of anilines is 2.